The van der Waals surface area contributed by atoms with Crippen molar-refractivity contribution in [3.8, 4) is 11.5 Å². The topological polar surface area (TPSA) is 55.8 Å². The van der Waals surface area contributed by atoms with E-state index in [0.29, 0.717) is 12.2 Å². The van der Waals surface area contributed by atoms with E-state index < -0.39 is 0 Å². The number of phenolic OH excluding ortho intramolecular Hbond substituents is 1. The van der Waals surface area contributed by atoms with Gasteiger partial charge in [0.25, 0.3) is 0 Å². The highest BCUT2D eigenvalue weighted by atomic mass is 16.5. The van der Waals surface area contributed by atoms with Gasteiger partial charge in [-0.2, -0.15) is 0 Å². The number of phenols is 1. The fraction of sp³-hybridized carbons (Fsp3) is 0.533. The fourth-order valence-electron chi connectivity index (χ4n) is 1.31. The molecule has 4 nitrogen and oxygen atoms in total. The van der Waals surface area contributed by atoms with Crippen LogP contribution in [0.1, 0.15) is 39.2 Å². The van der Waals surface area contributed by atoms with E-state index in [1.54, 1.807) is 12.1 Å². The molecule has 1 N–H and O–H groups in total. The number of hydrogen-bond donors (Lipinski definition) is 1. The molecule has 1 aromatic carbocycles. The van der Waals surface area contributed by atoms with E-state index >= 15 is 0 Å². The molecule has 0 saturated heterocycles. The lowest BCUT2D eigenvalue weighted by molar-refractivity contribution is -0.147. The summed E-state index contributed by atoms with van der Waals surface area (Å²) in [6.45, 7) is 7.62. The van der Waals surface area contributed by atoms with E-state index in [9.17, 15) is 4.79 Å². The maximum atomic E-state index is 10.6. The van der Waals surface area contributed by atoms with E-state index in [-0.39, 0.29) is 17.8 Å². The molecule has 0 fully saturated rings. The number of hydrogen-bond acceptors (Lipinski definition) is 4. The van der Waals surface area contributed by atoms with Gasteiger partial charge >= 0.3 is 5.97 Å². The molecule has 0 aliphatic heterocycles. The van der Waals surface area contributed by atoms with Crippen molar-refractivity contribution in [2.75, 3.05) is 7.11 Å². The highest BCUT2D eigenvalue weighted by molar-refractivity contribution is 5.69. The molecule has 0 saturated carbocycles. The van der Waals surface area contributed by atoms with Crippen LogP contribution in [0.15, 0.2) is 18.2 Å². The number of esters is 1. The fourth-order valence-corrected chi connectivity index (χ4v) is 1.31. The standard InChI is InChI=1S/C8H10O2.C7H14O2/c1-6-3-4-7(9)8(5-6)10-2;1-4-5-7(8)9-6(2)3/h3-5,9H,1-2H3;6H,4-5H2,1-3H3. The minimum Gasteiger partial charge on any atom is -0.504 e. The van der Waals surface area contributed by atoms with Gasteiger partial charge < -0.3 is 14.6 Å². The van der Waals surface area contributed by atoms with Crippen LogP contribution >= 0.6 is 0 Å². The summed E-state index contributed by atoms with van der Waals surface area (Å²) in [6.07, 6.45) is 1.44. The smallest absolute Gasteiger partial charge is 0.306 e. The van der Waals surface area contributed by atoms with Crippen molar-refractivity contribution in [1.82, 2.24) is 0 Å². The van der Waals surface area contributed by atoms with Crippen LogP contribution < -0.4 is 4.74 Å². The molecule has 1 aromatic rings. The van der Waals surface area contributed by atoms with E-state index in [2.05, 4.69) is 0 Å². The Balaban J connectivity index is 0.000000344. The number of aromatic hydroxyl groups is 1. The minimum atomic E-state index is -0.0903. The SMILES string of the molecule is CCCC(=O)OC(C)C.COc1cc(C)ccc1O. The molecule has 0 radical (unpaired) electrons. The van der Waals surface area contributed by atoms with E-state index in [0.717, 1.165) is 12.0 Å². The molecule has 0 bridgehead atoms. The first kappa shape index (κ1) is 17.3. The third-order valence-corrected chi connectivity index (χ3v) is 2.16. The lowest BCUT2D eigenvalue weighted by Gasteiger charge is -2.05. The molecule has 4 heteroatoms. The highest BCUT2D eigenvalue weighted by Gasteiger charge is 2.01. The van der Waals surface area contributed by atoms with Gasteiger partial charge in [0.2, 0.25) is 0 Å². The van der Waals surface area contributed by atoms with Gasteiger partial charge in [-0.3, -0.25) is 4.79 Å². The van der Waals surface area contributed by atoms with Crippen LogP contribution in [0.2, 0.25) is 0 Å². The Hall–Kier alpha value is -1.71. The first-order valence-electron chi connectivity index (χ1n) is 6.43. The van der Waals surface area contributed by atoms with E-state index in [1.807, 2.05) is 33.8 Å². The number of benzene rings is 1. The average Bonchev–Trinajstić information content (AvgIpc) is 2.32. The van der Waals surface area contributed by atoms with Gasteiger partial charge in [0, 0.05) is 6.42 Å². The second kappa shape index (κ2) is 9.25. The summed E-state index contributed by atoms with van der Waals surface area (Å²) in [6, 6.07) is 5.24. The van der Waals surface area contributed by atoms with Crippen molar-refractivity contribution in [3.63, 3.8) is 0 Å². The van der Waals surface area contributed by atoms with Crippen molar-refractivity contribution in [1.29, 1.82) is 0 Å². The summed E-state index contributed by atoms with van der Waals surface area (Å²) in [5.74, 6) is 0.626. The number of methoxy groups -OCH3 is 1. The zero-order valence-electron chi connectivity index (χ0n) is 12.4. The minimum absolute atomic E-state index is 0.0315. The van der Waals surface area contributed by atoms with Crippen molar-refractivity contribution >= 4 is 5.97 Å². The number of rotatable bonds is 4. The van der Waals surface area contributed by atoms with Crippen LogP contribution in [0.3, 0.4) is 0 Å². The second-order valence-corrected chi connectivity index (χ2v) is 4.46. The van der Waals surface area contributed by atoms with Gasteiger partial charge in [0.15, 0.2) is 11.5 Å². The third-order valence-electron chi connectivity index (χ3n) is 2.16. The average molecular weight is 268 g/mol. The maximum absolute atomic E-state index is 10.6. The molecule has 0 unspecified atom stereocenters. The van der Waals surface area contributed by atoms with Crippen LogP contribution in [-0.4, -0.2) is 24.3 Å². The molecule has 1 rings (SSSR count). The Bertz CT molecular complexity index is 386. The molecule has 19 heavy (non-hydrogen) atoms. The van der Waals surface area contributed by atoms with Crippen LogP contribution in [0.4, 0.5) is 0 Å². The lowest BCUT2D eigenvalue weighted by atomic mass is 10.2. The number of carbonyl (C=O) groups excluding carboxylic acids is 1. The maximum Gasteiger partial charge on any atom is 0.306 e. The number of aryl methyl sites for hydroxylation is 1. The van der Waals surface area contributed by atoms with Crippen molar-refractivity contribution in [2.45, 2.75) is 46.6 Å². The molecule has 0 aliphatic rings. The third kappa shape index (κ3) is 8.08. The summed E-state index contributed by atoms with van der Waals surface area (Å²) < 4.78 is 9.73. The van der Waals surface area contributed by atoms with Gasteiger partial charge in [-0.05, 0) is 44.9 Å². The highest BCUT2D eigenvalue weighted by Crippen LogP contribution is 2.25. The first-order chi connectivity index (χ1) is 8.90. The van der Waals surface area contributed by atoms with Crippen LogP contribution in [-0.2, 0) is 9.53 Å². The van der Waals surface area contributed by atoms with Gasteiger partial charge in [0.05, 0.1) is 13.2 Å². The quantitative estimate of drug-likeness (QED) is 0.850. The molecule has 0 heterocycles. The van der Waals surface area contributed by atoms with E-state index in [4.69, 9.17) is 14.6 Å². The van der Waals surface area contributed by atoms with Crippen molar-refractivity contribution in [2.24, 2.45) is 0 Å². The molecule has 0 spiro atoms. The predicted molar refractivity (Wildman–Crippen MR) is 75.5 cm³/mol. The van der Waals surface area contributed by atoms with Crippen molar-refractivity contribution < 1.29 is 19.4 Å². The molecule has 0 atom stereocenters. The van der Waals surface area contributed by atoms with Crippen molar-refractivity contribution in [3.05, 3.63) is 23.8 Å². The van der Waals surface area contributed by atoms with Crippen LogP contribution in [0, 0.1) is 6.92 Å². The normalized spacial score (nSPS) is 9.58. The summed E-state index contributed by atoms with van der Waals surface area (Å²) in [5.41, 5.74) is 1.08. The van der Waals surface area contributed by atoms with Gasteiger partial charge in [-0.15, -0.1) is 0 Å². The monoisotopic (exact) mass is 268 g/mol. The zero-order chi connectivity index (χ0) is 14.8. The predicted octanol–water partition coefficient (Wildman–Crippen LogP) is 3.45. The Morgan fingerprint density at radius 3 is 2.42 bits per heavy atom. The van der Waals surface area contributed by atoms with Gasteiger partial charge in [-0.1, -0.05) is 13.0 Å². The summed E-state index contributed by atoms with van der Waals surface area (Å²) in [5, 5.41) is 9.11. The molecule has 0 amide bonds. The number of carbonyl (C=O) groups is 1. The number of ether oxygens (including phenoxy) is 2. The van der Waals surface area contributed by atoms with Crippen LogP contribution in [0.5, 0.6) is 11.5 Å². The zero-order valence-corrected chi connectivity index (χ0v) is 12.4. The molecule has 0 aromatic heterocycles. The second-order valence-electron chi connectivity index (χ2n) is 4.46. The first-order valence-corrected chi connectivity index (χ1v) is 6.43. The molecular formula is C15H24O4. The van der Waals surface area contributed by atoms with Crippen LogP contribution in [0.25, 0.3) is 0 Å². The summed E-state index contributed by atoms with van der Waals surface area (Å²) in [4.78, 5) is 10.6. The summed E-state index contributed by atoms with van der Waals surface area (Å²) >= 11 is 0. The molecular weight excluding hydrogens is 244 g/mol. The Morgan fingerprint density at radius 1 is 1.37 bits per heavy atom. The lowest BCUT2D eigenvalue weighted by Crippen LogP contribution is -2.10. The van der Waals surface area contributed by atoms with E-state index in [1.165, 1.54) is 7.11 Å². The van der Waals surface area contributed by atoms with Gasteiger partial charge in [-0.25, -0.2) is 0 Å². The van der Waals surface area contributed by atoms with Gasteiger partial charge in [0.1, 0.15) is 0 Å². The molecule has 108 valence electrons. The molecule has 0 aliphatic carbocycles. The Morgan fingerprint density at radius 2 is 2.00 bits per heavy atom. The largest absolute Gasteiger partial charge is 0.504 e. The Labute approximate surface area is 115 Å². The Kier molecular flexibility index (Phi) is 8.42. The summed E-state index contributed by atoms with van der Waals surface area (Å²) in [7, 11) is 1.54.